The Morgan fingerprint density at radius 3 is 2.68 bits per heavy atom. The van der Waals surface area contributed by atoms with Crippen LogP contribution in [0.15, 0.2) is 41.0 Å². The summed E-state index contributed by atoms with van der Waals surface area (Å²) in [7, 11) is 1.54. The molecule has 2 aromatic rings. The number of aromatic carboxylic acids is 1. The summed E-state index contributed by atoms with van der Waals surface area (Å²) < 4.78 is 10.4. The molecule has 0 fully saturated rings. The molecular weight excluding hydrogens is 286 g/mol. The van der Waals surface area contributed by atoms with Gasteiger partial charge in [-0.15, -0.1) is 0 Å². The maximum absolute atomic E-state index is 12.4. The Morgan fingerprint density at radius 1 is 1.36 bits per heavy atom. The number of carboxylic acid groups (broad SMARTS) is 1. The monoisotopic (exact) mass is 303 g/mol. The first kappa shape index (κ1) is 15.8. The van der Waals surface area contributed by atoms with E-state index in [-0.39, 0.29) is 18.1 Å². The van der Waals surface area contributed by atoms with E-state index in [0.717, 1.165) is 0 Å². The number of furan rings is 1. The predicted molar refractivity (Wildman–Crippen MR) is 78.9 cm³/mol. The number of hydrogen-bond acceptors (Lipinski definition) is 4. The predicted octanol–water partition coefficient (Wildman–Crippen LogP) is 2.40. The molecule has 6 heteroatoms. The zero-order chi connectivity index (χ0) is 16.1. The zero-order valence-corrected chi connectivity index (χ0v) is 12.3. The standard InChI is InChI=1S/C16H17NO5/c1-10-8-11(16(19)20)5-6-12(10)15(18)17-13(9-21-2)14-4-3-7-22-14/h3-8,13H,9H2,1-2H3,(H,17,18)(H,19,20). The maximum atomic E-state index is 12.4. The van der Waals surface area contributed by atoms with Crippen molar-refractivity contribution >= 4 is 11.9 Å². The van der Waals surface area contributed by atoms with Gasteiger partial charge in [0.25, 0.3) is 5.91 Å². The average molecular weight is 303 g/mol. The molecule has 22 heavy (non-hydrogen) atoms. The van der Waals surface area contributed by atoms with Gasteiger partial charge in [-0.1, -0.05) is 0 Å². The van der Waals surface area contributed by atoms with Gasteiger partial charge in [0, 0.05) is 12.7 Å². The molecule has 1 aromatic carbocycles. The molecular formula is C16H17NO5. The molecule has 1 heterocycles. The average Bonchev–Trinajstić information content (AvgIpc) is 3.00. The van der Waals surface area contributed by atoms with Gasteiger partial charge in [-0.2, -0.15) is 0 Å². The molecule has 1 unspecified atom stereocenters. The highest BCUT2D eigenvalue weighted by molar-refractivity contribution is 5.97. The summed E-state index contributed by atoms with van der Waals surface area (Å²) in [4.78, 5) is 23.3. The highest BCUT2D eigenvalue weighted by Gasteiger charge is 2.19. The van der Waals surface area contributed by atoms with Crippen LogP contribution < -0.4 is 5.32 Å². The summed E-state index contributed by atoms with van der Waals surface area (Å²) in [5.41, 5.74) is 1.15. The van der Waals surface area contributed by atoms with Crippen LogP contribution in [0.5, 0.6) is 0 Å². The minimum absolute atomic E-state index is 0.147. The summed E-state index contributed by atoms with van der Waals surface area (Å²) in [5, 5.41) is 11.8. The van der Waals surface area contributed by atoms with Gasteiger partial charge in [0.15, 0.2) is 0 Å². The molecule has 0 saturated heterocycles. The molecule has 2 N–H and O–H groups in total. The van der Waals surface area contributed by atoms with Gasteiger partial charge in [0.1, 0.15) is 11.8 Å². The number of aryl methyl sites for hydroxylation is 1. The minimum atomic E-state index is -1.03. The van der Waals surface area contributed by atoms with Gasteiger partial charge in [-0.25, -0.2) is 4.79 Å². The smallest absolute Gasteiger partial charge is 0.335 e. The second kappa shape index (κ2) is 6.91. The van der Waals surface area contributed by atoms with Crippen molar-refractivity contribution in [3.63, 3.8) is 0 Å². The van der Waals surface area contributed by atoms with E-state index in [1.54, 1.807) is 19.1 Å². The number of rotatable bonds is 6. The number of hydrogen-bond donors (Lipinski definition) is 2. The van der Waals surface area contributed by atoms with Crippen molar-refractivity contribution in [2.75, 3.05) is 13.7 Å². The molecule has 0 aliphatic rings. The van der Waals surface area contributed by atoms with Crippen molar-refractivity contribution in [2.45, 2.75) is 13.0 Å². The van der Waals surface area contributed by atoms with Crippen molar-refractivity contribution in [3.8, 4) is 0 Å². The lowest BCUT2D eigenvalue weighted by Gasteiger charge is -2.16. The Labute approximate surface area is 127 Å². The number of nitrogens with one attached hydrogen (secondary N) is 1. The fourth-order valence-corrected chi connectivity index (χ4v) is 2.14. The molecule has 0 aliphatic heterocycles. The van der Waals surface area contributed by atoms with Crippen LogP contribution in [0.25, 0.3) is 0 Å². The van der Waals surface area contributed by atoms with E-state index >= 15 is 0 Å². The Morgan fingerprint density at radius 2 is 2.14 bits per heavy atom. The number of carbonyl (C=O) groups excluding carboxylic acids is 1. The van der Waals surface area contributed by atoms with Gasteiger partial charge in [-0.05, 0) is 42.8 Å². The van der Waals surface area contributed by atoms with E-state index < -0.39 is 12.0 Å². The highest BCUT2D eigenvalue weighted by Crippen LogP contribution is 2.17. The van der Waals surface area contributed by atoms with Crippen LogP contribution in [0.3, 0.4) is 0 Å². The van der Waals surface area contributed by atoms with E-state index in [1.165, 1.54) is 31.6 Å². The lowest BCUT2D eigenvalue weighted by Crippen LogP contribution is -2.31. The Balaban J connectivity index is 2.18. The molecule has 0 saturated carbocycles. The van der Waals surface area contributed by atoms with Gasteiger partial charge in [-0.3, -0.25) is 4.79 Å². The van der Waals surface area contributed by atoms with E-state index in [0.29, 0.717) is 16.9 Å². The third-order valence-electron chi connectivity index (χ3n) is 3.24. The van der Waals surface area contributed by atoms with Crippen molar-refractivity contribution in [1.29, 1.82) is 0 Å². The lowest BCUT2D eigenvalue weighted by atomic mass is 10.0. The Kier molecular flexibility index (Phi) is 4.95. The Bertz CT molecular complexity index is 663. The maximum Gasteiger partial charge on any atom is 0.335 e. The molecule has 0 aliphatic carbocycles. The van der Waals surface area contributed by atoms with Crippen molar-refractivity contribution < 1.29 is 23.8 Å². The summed E-state index contributed by atoms with van der Waals surface area (Å²) in [6.07, 6.45) is 1.52. The molecule has 6 nitrogen and oxygen atoms in total. The minimum Gasteiger partial charge on any atom is -0.478 e. The quantitative estimate of drug-likeness (QED) is 0.855. The summed E-state index contributed by atoms with van der Waals surface area (Å²) in [5.74, 6) is -0.745. The molecule has 0 spiro atoms. The lowest BCUT2D eigenvalue weighted by molar-refractivity contribution is 0.0696. The number of methoxy groups -OCH3 is 1. The number of amides is 1. The second-order valence-corrected chi connectivity index (χ2v) is 4.83. The molecule has 1 atom stereocenters. The van der Waals surface area contributed by atoms with E-state index in [9.17, 15) is 9.59 Å². The van der Waals surface area contributed by atoms with Crippen molar-refractivity contribution in [3.05, 3.63) is 59.0 Å². The summed E-state index contributed by atoms with van der Waals surface area (Å²) in [6.45, 7) is 1.96. The van der Waals surface area contributed by atoms with Crippen LogP contribution >= 0.6 is 0 Å². The molecule has 116 valence electrons. The third kappa shape index (κ3) is 3.53. The van der Waals surface area contributed by atoms with Gasteiger partial charge in [0.05, 0.1) is 18.4 Å². The number of ether oxygens (including phenoxy) is 1. The van der Waals surface area contributed by atoms with Crippen LogP contribution in [-0.4, -0.2) is 30.7 Å². The van der Waals surface area contributed by atoms with Crippen LogP contribution in [0.1, 0.15) is 38.1 Å². The summed E-state index contributed by atoms with van der Waals surface area (Å²) in [6, 6.07) is 7.45. The van der Waals surface area contributed by atoms with E-state index in [1.807, 2.05) is 0 Å². The first-order chi connectivity index (χ1) is 10.5. The SMILES string of the molecule is COCC(NC(=O)c1ccc(C(=O)O)cc1C)c1ccco1. The van der Waals surface area contributed by atoms with E-state index in [2.05, 4.69) is 5.32 Å². The number of benzene rings is 1. The molecule has 0 bridgehead atoms. The van der Waals surface area contributed by atoms with Crippen molar-refractivity contribution in [2.24, 2.45) is 0 Å². The molecule has 1 amide bonds. The van der Waals surface area contributed by atoms with Crippen LogP contribution in [0, 0.1) is 6.92 Å². The summed E-state index contributed by atoms with van der Waals surface area (Å²) >= 11 is 0. The fourth-order valence-electron chi connectivity index (χ4n) is 2.14. The van der Waals surface area contributed by atoms with Crippen LogP contribution in [-0.2, 0) is 4.74 Å². The molecule has 2 rings (SSSR count). The fraction of sp³-hybridized carbons (Fsp3) is 0.250. The van der Waals surface area contributed by atoms with Gasteiger partial charge in [0.2, 0.25) is 0 Å². The van der Waals surface area contributed by atoms with Gasteiger partial charge < -0.3 is 19.6 Å². The van der Waals surface area contributed by atoms with Gasteiger partial charge >= 0.3 is 5.97 Å². The first-order valence-corrected chi connectivity index (χ1v) is 6.70. The largest absolute Gasteiger partial charge is 0.478 e. The number of carbonyl (C=O) groups is 2. The van der Waals surface area contributed by atoms with Crippen molar-refractivity contribution in [1.82, 2.24) is 5.32 Å². The zero-order valence-electron chi connectivity index (χ0n) is 12.3. The van der Waals surface area contributed by atoms with Crippen LogP contribution in [0.2, 0.25) is 0 Å². The Hall–Kier alpha value is -2.60. The van der Waals surface area contributed by atoms with Crippen LogP contribution in [0.4, 0.5) is 0 Å². The highest BCUT2D eigenvalue weighted by atomic mass is 16.5. The normalized spacial score (nSPS) is 11.9. The third-order valence-corrected chi connectivity index (χ3v) is 3.24. The second-order valence-electron chi connectivity index (χ2n) is 4.83. The molecule has 0 radical (unpaired) electrons. The number of carboxylic acids is 1. The molecule has 1 aromatic heterocycles. The van der Waals surface area contributed by atoms with E-state index in [4.69, 9.17) is 14.3 Å². The first-order valence-electron chi connectivity index (χ1n) is 6.70. The topological polar surface area (TPSA) is 88.8 Å².